The van der Waals surface area contributed by atoms with Crippen LogP contribution in [-0.4, -0.2) is 23.7 Å². The summed E-state index contributed by atoms with van der Waals surface area (Å²) in [6.07, 6.45) is 3.76. The molecule has 1 aromatic rings. The molecule has 0 saturated carbocycles. The van der Waals surface area contributed by atoms with E-state index in [1.165, 1.54) is 30.6 Å². The average Bonchev–Trinajstić information content (AvgIpc) is 2.99. The molecule has 0 bridgehead atoms. The molecule has 2 nitrogen and oxygen atoms in total. The first-order valence-corrected chi connectivity index (χ1v) is 7.37. The van der Waals surface area contributed by atoms with Crippen LogP contribution in [0.3, 0.4) is 0 Å². The van der Waals surface area contributed by atoms with E-state index >= 15 is 0 Å². The Morgan fingerprint density at radius 3 is 3.06 bits per heavy atom. The summed E-state index contributed by atoms with van der Waals surface area (Å²) in [5.41, 5.74) is 7.39. The monoisotopic (exact) mass is 249 g/mol. The van der Waals surface area contributed by atoms with E-state index in [2.05, 4.69) is 30.0 Å². The average molecular weight is 249 g/mol. The molecule has 3 rings (SSSR count). The summed E-state index contributed by atoms with van der Waals surface area (Å²) in [4.78, 5) is 0. The molecule has 2 heterocycles. The predicted molar refractivity (Wildman–Crippen MR) is 72.8 cm³/mol. The summed E-state index contributed by atoms with van der Waals surface area (Å²) in [7, 11) is 0. The Bertz CT molecular complexity index is 401. The first-order valence-electron chi connectivity index (χ1n) is 6.39. The Balaban J connectivity index is 1.79. The summed E-state index contributed by atoms with van der Waals surface area (Å²) < 4.78 is 6.07. The third-order valence-electron chi connectivity index (χ3n) is 3.97. The molecule has 2 aliphatic rings. The lowest BCUT2D eigenvalue weighted by Crippen LogP contribution is -2.33. The second-order valence-electron chi connectivity index (χ2n) is 5.09. The fourth-order valence-electron chi connectivity index (χ4n) is 3.01. The molecule has 3 heteroatoms. The van der Waals surface area contributed by atoms with Crippen LogP contribution in [0.25, 0.3) is 0 Å². The van der Waals surface area contributed by atoms with Crippen molar-refractivity contribution in [3.63, 3.8) is 0 Å². The first-order chi connectivity index (χ1) is 8.33. The van der Waals surface area contributed by atoms with E-state index < -0.39 is 0 Å². The number of hydrogen-bond acceptors (Lipinski definition) is 3. The molecule has 2 N–H and O–H groups in total. The second-order valence-corrected chi connectivity index (χ2v) is 6.65. The third-order valence-corrected chi connectivity index (χ3v) is 5.62. The summed E-state index contributed by atoms with van der Waals surface area (Å²) in [6, 6.07) is 8.44. The molecular weight excluding hydrogens is 230 g/mol. The van der Waals surface area contributed by atoms with Crippen LogP contribution in [0.2, 0.25) is 0 Å². The summed E-state index contributed by atoms with van der Waals surface area (Å²) in [5.74, 6) is 2.89. The van der Waals surface area contributed by atoms with Crippen molar-refractivity contribution in [1.29, 1.82) is 0 Å². The van der Waals surface area contributed by atoms with Gasteiger partial charge in [0.25, 0.3) is 0 Å². The highest BCUT2D eigenvalue weighted by Crippen LogP contribution is 2.47. The fraction of sp³-hybridized carbons (Fsp3) is 0.571. The van der Waals surface area contributed by atoms with Crippen LogP contribution in [0.5, 0.6) is 5.75 Å². The standard InChI is InChI=1S/C14H19NOS/c15-10-14(6-3-7-17-14)8-11-9-16-13-5-2-1-4-12(11)13/h1-2,4-5,11H,3,6-10,15H2. The Morgan fingerprint density at radius 2 is 2.29 bits per heavy atom. The Hall–Kier alpha value is -0.670. The van der Waals surface area contributed by atoms with E-state index in [1.807, 2.05) is 6.07 Å². The van der Waals surface area contributed by atoms with Crippen LogP contribution in [0, 0.1) is 0 Å². The minimum atomic E-state index is 0.311. The van der Waals surface area contributed by atoms with E-state index in [0.717, 1.165) is 18.9 Å². The number of ether oxygens (including phenoxy) is 1. The van der Waals surface area contributed by atoms with Crippen molar-refractivity contribution in [2.75, 3.05) is 18.9 Å². The van der Waals surface area contributed by atoms with Gasteiger partial charge in [0.15, 0.2) is 0 Å². The van der Waals surface area contributed by atoms with Crippen molar-refractivity contribution < 1.29 is 4.74 Å². The molecule has 1 fully saturated rings. The van der Waals surface area contributed by atoms with Crippen molar-refractivity contribution in [2.24, 2.45) is 5.73 Å². The Labute approximate surface area is 107 Å². The number of nitrogens with two attached hydrogens (primary N) is 1. The minimum absolute atomic E-state index is 0.311. The molecule has 17 heavy (non-hydrogen) atoms. The van der Waals surface area contributed by atoms with Crippen LogP contribution >= 0.6 is 11.8 Å². The van der Waals surface area contributed by atoms with Gasteiger partial charge in [0.2, 0.25) is 0 Å². The first kappa shape index (κ1) is 11.4. The normalized spacial score (nSPS) is 31.2. The molecule has 0 amide bonds. The van der Waals surface area contributed by atoms with Gasteiger partial charge in [-0.2, -0.15) is 11.8 Å². The molecule has 2 aliphatic heterocycles. The number of rotatable bonds is 3. The van der Waals surface area contributed by atoms with Gasteiger partial charge in [-0.1, -0.05) is 18.2 Å². The number of para-hydroxylation sites is 1. The van der Waals surface area contributed by atoms with E-state index in [9.17, 15) is 0 Å². The van der Waals surface area contributed by atoms with Crippen molar-refractivity contribution in [2.45, 2.75) is 29.9 Å². The highest BCUT2D eigenvalue weighted by atomic mass is 32.2. The van der Waals surface area contributed by atoms with Gasteiger partial charge in [-0.05, 0) is 31.1 Å². The molecule has 92 valence electrons. The van der Waals surface area contributed by atoms with E-state index in [-0.39, 0.29) is 0 Å². The molecular formula is C14H19NOS. The number of thioether (sulfide) groups is 1. The molecule has 2 unspecified atom stereocenters. The Morgan fingerprint density at radius 1 is 1.41 bits per heavy atom. The number of benzene rings is 1. The smallest absolute Gasteiger partial charge is 0.122 e. The molecule has 0 aromatic heterocycles. The molecule has 1 saturated heterocycles. The van der Waals surface area contributed by atoms with E-state index in [1.54, 1.807) is 0 Å². The lowest BCUT2D eigenvalue weighted by molar-refractivity contribution is 0.312. The SMILES string of the molecule is NCC1(CC2COc3ccccc32)CCCS1. The zero-order chi connectivity index (χ0) is 11.7. The Kier molecular flexibility index (Phi) is 3.05. The predicted octanol–water partition coefficient (Wildman–Crippen LogP) is 2.78. The van der Waals surface area contributed by atoms with Crippen LogP contribution in [0.4, 0.5) is 0 Å². The van der Waals surface area contributed by atoms with Gasteiger partial charge in [0.1, 0.15) is 5.75 Å². The van der Waals surface area contributed by atoms with Gasteiger partial charge in [-0.15, -0.1) is 0 Å². The maximum Gasteiger partial charge on any atom is 0.122 e. The van der Waals surface area contributed by atoms with Crippen molar-refractivity contribution >= 4 is 11.8 Å². The zero-order valence-electron chi connectivity index (χ0n) is 10.0. The van der Waals surface area contributed by atoms with E-state index in [4.69, 9.17) is 10.5 Å². The van der Waals surface area contributed by atoms with Crippen LogP contribution in [0.1, 0.15) is 30.7 Å². The van der Waals surface area contributed by atoms with Gasteiger partial charge in [0.05, 0.1) is 6.61 Å². The van der Waals surface area contributed by atoms with E-state index in [0.29, 0.717) is 10.7 Å². The zero-order valence-corrected chi connectivity index (χ0v) is 10.8. The maximum atomic E-state index is 6.01. The fourth-order valence-corrected chi connectivity index (χ4v) is 4.46. The largest absolute Gasteiger partial charge is 0.493 e. The third kappa shape index (κ3) is 2.06. The van der Waals surface area contributed by atoms with Gasteiger partial charge in [-0.3, -0.25) is 0 Å². The molecule has 1 aromatic carbocycles. The summed E-state index contributed by atoms with van der Waals surface area (Å²) >= 11 is 2.07. The van der Waals surface area contributed by atoms with Gasteiger partial charge in [0, 0.05) is 22.8 Å². The van der Waals surface area contributed by atoms with Crippen molar-refractivity contribution in [1.82, 2.24) is 0 Å². The van der Waals surface area contributed by atoms with Crippen LogP contribution in [-0.2, 0) is 0 Å². The summed E-state index contributed by atoms with van der Waals surface area (Å²) in [6.45, 7) is 1.64. The molecule has 2 atom stereocenters. The van der Waals surface area contributed by atoms with Gasteiger partial charge >= 0.3 is 0 Å². The topological polar surface area (TPSA) is 35.2 Å². The van der Waals surface area contributed by atoms with Crippen molar-refractivity contribution in [3.8, 4) is 5.75 Å². The molecule has 0 aliphatic carbocycles. The highest BCUT2D eigenvalue weighted by molar-refractivity contribution is 8.00. The van der Waals surface area contributed by atoms with Crippen LogP contribution in [0.15, 0.2) is 24.3 Å². The number of hydrogen-bond donors (Lipinski definition) is 1. The maximum absolute atomic E-state index is 6.01. The number of fused-ring (bicyclic) bond motifs is 1. The lowest BCUT2D eigenvalue weighted by atomic mass is 9.87. The quantitative estimate of drug-likeness (QED) is 0.894. The minimum Gasteiger partial charge on any atom is -0.493 e. The summed E-state index contributed by atoms with van der Waals surface area (Å²) in [5, 5.41) is 0. The van der Waals surface area contributed by atoms with Gasteiger partial charge in [-0.25, -0.2) is 0 Å². The van der Waals surface area contributed by atoms with Crippen LogP contribution < -0.4 is 10.5 Å². The molecule has 0 radical (unpaired) electrons. The van der Waals surface area contributed by atoms with Gasteiger partial charge < -0.3 is 10.5 Å². The second kappa shape index (κ2) is 4.54. The highest BCUT2D eigenvalue weighted by Gasteiger charge is 2.38. The lowest BCUT2D eigenvalue weighted by Gasteiger charge is -2.29. The molecule has 0 spiro atoms. The van der Waals surface area contributed by atoms with Crippen molar-refractivity contribution in [3.05, 3.63) is 29.8 Å².